The standard InChI is InChI=1S/C17H16O4/c1-2-20-15-9-5-14(6-10-15)17(19)12-21-16-7-3-13(11-18)4-8-16/h3-11H,2,12H2,1H3. The van der Waals surface area contributed by atoms with Gasteiger partial charge in [-0.25, -0.2) is 0 Å². The number of carbonyl (C=O) groups is 2. The highest BCUT2D eigenvalue weighted by Crippen LogP contribution is 2.14. The Balaban J connectivity index is 1.92. The fraction of sp³-hybridized carbons (Fsp3) is 0.176. The average Bonchev–Trinajstić information content (AvgIpc) is 2.54. The molecule has 4 nitrogen and oxygen atoms in total. The van der Waals surface area contributed by atoms with Crippen LogP contribution in [0.25, 0.3) is 0 Å². The highest BCUT2D eigenvalue weighted by molar-refractivity contribution is 5.97. The van der Waals surface area contributed by atoms with E-state index in [4.69, 9.17) is 9.47 Å². The summed E-state index contributed by atoms with van der Waals surface area (Å²) in [5.41, 5.74) is 1.14. The molecule has 4 heteroatoms. The zero-order valence-electron chi connectivity index (χ0n) is 11.7. The van der Waals surface area contributed by atoms with E-state index in [2.05, 4.69) is 0 Å². The molecule has 0 aromatic heterocycles. The summed E-state index contributed by atoms with van der Waals surface area (Å²) in [5, 5.41) is 0. The Bertz CT molecular complexity index is 600. The Kier molecular flexibility index (Phi) is 5.10. The first-order valence-corrected chi connectivity index (χ1v) is 6.67. The van der Waals surface area contributed by atoms with Gasteiger partial charge in [0.1, 0.15) is 17.8 Å². The Morgan fingerprint density at radius 2 is 1.52 bits per heavy atom. The molecule has 21 heavy (non-hydrogen) atoms. The first-order valence-electron chi connectivity index (χ1n) is 6.67. The molecule has 0 heterocycles. The van der Waals surface area contributed by atoms with Gasteiger partial charge in [-0.3, -0.25) is 9.59 Å². The molecule has 0 aliphatic carbocycles. The Morgan fingerprint density at radius 1 is 0.952 bits per heavy atom. The molecule has 0 bridgehead atoms. The Morgan fingerprint density at radius 3 is 2.10 bits per heavy atom. The van der Waals surface area contributed by atoms with Crippen LogP contribution in [0.4, 0.5) is 0 Å². The second-order valence-corrected chi connectivity index (χ2v) is 4.36. The molecule has 0 unspecified atom stereocenters. The summed E-state index contributed by atoms with van der Waals surface area (Å²) in [6.45, 7) is 2.45. The summed E-state index contributed by atoms with van der Waals surface area (Å²) in [4.78, 5) is 22.5. The molecule has 2 aromatic carbocycles. The molecule has 0 atom stereocenters. The van der Waals surface area contributed by atoms with Crippen molar-refractivity contribution in [2.24, 2.45) is 0 Å². The van der Waals surface area contributed by atoms with Crippen molar-refractivity contribution in [3.8, 4) is 11.5 Å². The average molecular weight is 284 g/mol. The van der Waals surface area contributed by atoms with Crippen molar-refractivity contribution in [2.75, 3.05) is 13.2 Å². The van der Waals surface area contributed by atoms with Crippen molar-refractivity contribution in [2.45, 2.75) is 6.92 Å². The zero-order chi connectivity index (χ0) is 15.1. The molecule has 0 N–H and O–H groups in total. The third-order valence-corrected chi connectivity index (χ3v) is 2.87. The number of aldehydes is 1. The van der Waals surface area contributed by atoms with Crippen molar-refractivity contribution >= 4 is 12.1 Å². The van der Waals surface area contributed by atoms with E-state index in [-0.39, 0.29) is 12.4 Å². The fourth-order valence-corrected chi connectivity index (χ4v) is 1.78. The summed E-state index contributed by atoms with van der Waals surface area (Å²) < 4.78 is 10.7. The van der Waals surface area contributed by atoms with Crippen LogP contribution in [-0.4, -0.2) is 25.3 Å². The van der Waals surface area contributed by atoms with Crippen LogP contribution in [0.2, 0.25) is 0 Å². The van der Waals surface area contributed by atoms with Gasteiger partial charge in [0.2, 0.25) is 0 Å². The third-order valence-electron chi connectivity index (χ3n) is 2.87. The first-order chi connectivity index (χ1) is 10.2. The predicted molar refractivity (Wildman–Crippen MR) is 79.3 cm³/mol. The van der Waals surface area contributed by atoms with Crippen LogP contribution in [0, 0.1) is 0 Å². The molecule has 0 saturated carbocycles. The number of Topliss-reactive ketones (excluding diaryl/α,β-unsaturated/α-hetero) is 1. The molecule has 0 saturated heterocycles. The van der Waals surface area contributed by atoms with E-state index in [0.717, 1.165) is 12.0 Å². The van der Waals surface area contributed by atoms with Gasteiger partial charge in [-0.2, -0.15) is 0 Å². The lowest BCUT2D eigenvalue weighted by Gasteiger charge is -2.07. The minimum absolute atomic E-state index is 0.0472. The van der Waals surface area contributed by atoms with Crippen molar-refractivity contribution in [3.05, 3.63) is 59.7 Å². The van der Waals surface area contributed by atoms with Crippen LogP contribution in [0.5, 0.6) is 11.5 Å². The lowest BCUT2D eigenvalue weighted by Crippen LogP contribution is -2.11. The summed E-state index contributed by atoms with van der Waals surface area (Å²) in [6.07, 6.45) is 0.759. The molecular weight excluding hydrogens is 268 g/mol. The smallest absolute Gasteiger partial charge is 0.200 e. The van der Waals surface area contributed by atoms with Crippen LogP contribution in [-0.2, 0) is 0 Å². The van der Waals surface area contributed by atoms with Crippen molar-refractivity contribution in [1.82, 2.24) is 0 Å². The van der Waals surface area contributed by atoms with Crippen LogP contribution < -0.4 is 9.47 Å². The SMILES string of the molecule is CCOc1ccc(C(=O)COc2ccc(C=O)cc2)cc1. The zero-order valence-corrected chi connectivity index (χ0v) is 11.7. The van der Waals surface area contributed by atoms with Crippen molar-refractivity contribution in [3.63, 3.8) is 0 Å². The van der Waals surface area contributed by atoms with E-state index in [1.807, 2.05) is 6.92 Å². The van der Waals surface area contributed by atoms with E-state index in [1.54, 1.807) is 48.5 Å². The van der Waals surface area contributed by atoms with Gasteiger partial charge in [0.15, 0.2) is 12.4 Å². The molecule has 0 aliphatic heterocycles. The maximum Gasteiger partial charge on any atom is 0.200 e. The normalized spacial score (nSPS) is 9.95. The van der Waals surface area contributed by atoms with Gasteiger partial charge in [-0.15, -0.1) is 0 Å². The van der Waals surface area contributed by atoms with Gasteiger partial charge >= 0.3 is 0 Å². The fourth-order valence-electron chi connectivity index (χ4n) is 1.78. The maximum absolute atomic E-state index is 12.0. The van der Waals surface area contributed by atoms with Crippen LogP contribution in [0.3, 0.4) is 0 Å². The number of ketones is 1. The highest BCUT2D eigenvalue weighted by atomic mass is 16.5. The summed E-state index contributed by atoms with van der Waals surface area (Å²) in [5.74, 6) is 1.18. The number of ether oxygens (including phenoxy) is 2. The highest BCUT2D eigenvalue weighted by Gasteiger charge is 2.07. The minimum atomic E-state index is -0.113. The van der Waals surface area contributed by atoms with E-state index in [1.165, 1.54) is 0 Å². The lowest BCUT2D eigenvalue weighted by atomic mass is 10.1. The third kappa shape index (κ3) is 4.18. The molecule has 0 spiro atoms. The van der Waals surface area contributed by atoms with Gasteiger partial charge in [0, 0.05) is 11.1 Å². The van der Waals surface area contributed by atoms with Gasteiger partial charge in [-0.05, 0) is 55.5 Å². The number of rotatable bonds is 7. The van der Waals surface area contributed by atoms with Crippen LogP contribution in [0.15, 0.2) is 48.5 Å². The second-order valence-electron chi connectivity index (χ2n) is 4.36. The van der Waals surface area contributed by atoms with Crippen molar-refractivity contribution < 1.29 is 19.1 Å². The largest absolute Gasteiger partial charge is 0.494 e. The summed E-state index contributed by atoms with van der Waals surface area (Å²) in [7, 11) is 0. The van der Waals surface area contributed by atoms with Gasteiger partial charge in [0.25, 0.3) is 0 Å². The summed E-state index contributed by atoms with van der Waals surface area (Å²) in [6, 6.07) is 13.6. The number of benzene rings is 2. The number of hydrogen-bond acceptors (Lipinski definition) is 4. The first kappa shape index (κ1) is 14.8. The van der Waals surface area contributed by atoms with Crippen molar-refractivity contribution in [1.29, 1.82) is 0 Å². The van der Waals surface area contributed by atoms with E-state index in [0.29, 0.717) is 23.5 Å². The number of hydrogen-bond donors (Lipinski definition) is 0. The topological polar surface area (TPSA) is 52.6 Å². The minimum Gasteiger partial charge on any atom is -0.494 e. The van der Waals surface area contributed by atoms with E-state index >= 15 is 0 Å². The quantitative estimate of drug-likeness (QED) is 0.579. The maximum atomic E-state index is 12.0. The van der Waals surface area contributed by atoms with Crippen LogP contribution >= 0.6 is 0 Å². The molecule has 2 rings (SSSR count). The number of carbonyl (C=O) groups excluding carboxylic acids is 2. The second kappa shape index (κ2) is 7.24. The van der Waals surface area contributed by atoms with E-state index < -0.39 is 0 Å². The Hall–Kier alpha value is -2.62. The van der Waals surface area contributed by atoms with Gasteiger partial charge < -0.3 is 9.47 Å². The predicted octanol–water partition coefficient (Wildman–Crippen LogP) is 3.16. The molecular formula is C17H16O4. The monoisotopic (exact) mass is 284 g/mol. The Labute approximate surface area is 123 Å². The molecule has 108 valence electrons. The summed E-state index contributed by atoms with van der Waals surface area (Å²) >= 11 is 0. The molecule has 0 fully saturated rings. The van der Waals surface area contributed by atoms with Gasteiger partial charge in [0.05, 0.1) is 6.61 Å². The van der Waals surface area contributed by atoms with Gasteiger partial charge in [-0.1, -0.05) is 0 Å². The molecule has 0 aliphatic rings. The molecule has 2 aromatic rings. The van der Waals surface area contributed by atoms with E-state index in [9.17, 15) is 9.59 Å². The van der Waals surface area contributed by atoms with Crippen LogP contribution in [0.1, 0.15) is 27.6 Å². The molecule has 0 amide bonds. The lowest BCUT2D eigenvalue weighted by molar-refractivity contribution is 0.0921. The molecule has 0 radical (unpaired) electrons.